The minimum atomic E-state index is -1.11. The van der Waals surface area contributed by atoms with Gasteiger partial charge in [-0.2, -0.15) is 5.10 Å². The zero-order chi connectivity index (χ0) is 8.72. The molecule has 1 aliphatic rings. The van der Waals surface area contributed by atoms with Crippen molar-refractivity contribution < 1.29 is 15.0 Å². The Bertz CT molecular complexity index is 327. The molecule has 64 valence electrons. The minimum absolute atomic E-state index is 0.0603. The molecule has 0 radical (unpaired) electrons. The van der Waals surface area contributed by atoms with E-state index in [2.05, 4.69) is 5.10 Å². The molecule has 0 aliphatic heterocycles. The molecule has 0 atom stereocenters. The molecule has 2 rings (SSSR count). The Hall–Kier alpha value is -1.52. The molecule has 0 saturated heterocycles. The maximum atomic E-state index is 10.4. The van der Waals surface area contributed by atoms with Crippen LogP contribution in [0.4, 0.5) is 0 Å². The van der Waals surface area contributed by atoms with Gasteiger partial charge >= 0.3 is 5.97 Å². The van der Waals surface area contributed by atoms with E-state index in [-0.39, 0.29) is 17.6 Å². The summed E-state index contributed by atoms with van der Waals surface area (Å²) in [5.41, 5.74) is -0.0978. The molecular weight excluding hydrogens is 160 g/mol. The highest BCUT2D eigenvalue weighted by molar-refractivity contribution is 5.85. The number of aromatic hydroxyl groups is 1. The Kier molecular flexibility index (Phi) is 1.33. The molecule has 1 aromatic heterocycles. The number of carboxylic acid groups (broad SMARTS) is 1. The Labute approximate surface area is 68.2 Å². The number of rotatable bonds is 2. The zero-order valence-corrected chi connectivity index (χ0v) is 6.27. The number of aromatic carboxylic acids is 1. The normalized spacial score (nSPS) is 16.3. The van der Waals surface area contributed by atoms with E-state index in [0.717, 1.165) is 12.8 Å². The van der Waals surface area contributed by atoms with Gasteiger partial charge in [-0.05, 0) is 12.8 Å². The number of hydrogen-bond acceptors (Lipinski definition) is 3. The second-order valence-electron chi connectivity index (χ2n) is 2.87. The average molecular weight is 168 g/mol. The van der Waals surface area contributed by atoms with Crippen molar-refractivity contribution in [1.29, 1.82) is 0 Å². The number of carbonyl (C=O) groups is 1. The lowest BCUT2D eigenvalue weighted by Gasteiger charge is -1.96. The van der Waals surface area contributed by atoms with Crippen LogP contribution in [-0.2, 0) is 0 Å². The highest BCUT2D eigenvalue weighted by Gasteiger charge is 2.28. The monoisotopic (exact) mass is 168 g/mol. The predicted molar refractivity (Wildman–Crippen MR) is 39.1 cm³/mol. The number of hydrogen-bond donors (Lipinski definition) is 2. The Morgan fingerprint density at radius 3 is 2.75 bits per heavy atom. The topological polar surface area (TPSA) is 75.3 Å². The maximum Gasteiger partial charge on any atom is 0.356 e. The van der Waals surface area contributed by atoms with Crippen LogP contribution >= 0.6 is 0 Å². The molecule has 0 amide bonds. The van der Waals surface area contributed by atoms with E-state index in [1.54, 1.807) is 0 Å². The van der Waals surface area contributed by atoms with Gasteiger partial charge in [-0.3, -0.25) is 0 Å². The van der Waals surface area contributed by atoms with Crippen molar-refractivity contribution in [1.82, 2.24) is 9.78 Å². The number of carboxylic acids is 1. The van der Waals surface area contributed by atoms with E-state index < -0.39 is 5.97 Å². The lowest BCUT2D eigenvalue weighted by Crippen LogP contribution is -2.01. The first-order chi connectivity index (χ1) is 5.68. The summed E-state index contributed by atoms with van der Waals surface area (Å²) in [7, 11) is 0. The molecule has 1 saturated carbocycles. The first kappa shape index (κ1) is 7.15. The van der Waals surface area contributed by atoms with Crippen LogP contribution in [0.1, 0.15) is 29.4 Å². The minimum Gasteiger partial charge on any atom is -0.493 e. The van der Waals surface area contributed by atoms with Crippen LogP contribution < -0.4 is 0 Å². The van der Waals surface area contributed by atoms with Crippen LogP contribution in [0.25, 0.3) is 0 Å². The summed E-state index contributed by atoms with van der Waals surface area (Å²) in [5.74, 6) is -1.17. The van der Waals surface area contributed by atoms with Crippen molar-refractivity contribution in [3.05, 3.63) is 11.8 Å². The van der Waals surface area contributed by atoms with Crippen LogP contribution in [0.3, 0.4) is 0 Å². The van der Waals surface area contributed by atoms with Gasteiger partial charge in [-0.1, -0.05) is 0 Å². The first-order valence-electron chi connectivity index (χ1n) is 3.70. The first-order valence-corrected chi connectivity index (χ1v) is 3.70. The molecule has 1 fully saturated rings. The fourth-order valence-corrected chi connectivity index (χ4v) is 1.08. The summed E-state index contributed by atoms with van der Waals surface area (Å²) in [5, 5.41) is 21.5. The Morgan fingerprint density at radius 1 is 1.67 bits per heavy atom. The van der Waals surface area contributed by atoms with Gasteiger partial charge in [0.15, 0.2) is 5.69 Å². The molecule has 1 aliphatic carbocycles. The van der Waals surface area contributed by atoms with Crippen LogP contribution in [0.2, 0.25) is 0 Å². The number of nitrogens with zero attached hydrogens (tertiary/aromatic N) is 2. The van der Waals surface area contributed by atoms with Crippen molar-refractivity contribution in [3.8, 4) is 5.88 Å². The summed E-state index contributed by atoms with van der Waals surface area (Å²) in [4.78, 5) is 10.4. The predicted octanol–water partition coefficient (Wildman–Crippen LogP) is 0.622. The van der Waals surface area contributed by atoms with Gasteiger partial charge in [-0.25, -0.2) is 9.48 Å². The van der Waals surface area contributed by atoms with E-state index in [9.17, 15) is 9.90 Å². The average Bonchev–Trinajstić information content (AvgIpc) is 2.75. The molecule has 0 spiro atoms. The molecule has 2 N–H and O–H groups in total. The van der Waals surface area contributed by atoms with E-state index in [4.69, 9.17) is 5.11 Å². The molecule has 5 nitrogen and oxygen atoms in total. The van der Waals surface area contributed by atoms with Crippen LogP contribution in [0.15, 0.2) is 6.07 Å². The second-order valence-corrected chi connectivity index (χ2v) is 2.87. The molecule has 12 heavy (non-hydrogen) atoms. The smallest absolute Gasteiger partial charge is 0.356 e. The molecular formula is C7H8N2O3. The van der Waals surface area contributed by atoms with E-state index in [1.807, 2.05) is 0 Å². The van der Waals surface area contributed by atoms with Crippen LogP contribution in [0, 0.1) is 0 Å². The summed E-state index contributed by atoms with van der Waals surface area (Å²) < 4.78 is 1.36. The zero-order valence-electron chi connectivity index (χ0n) is 6.27. The molecule has 1 heterocycles. The summed E-state index contributed by atoms with van der Waals surface area (Å²) >= 11 is 0. The van der Waals surface area contributed by atoms with E-state index in [1.165, 1.54) is 10.7 Å². The lowest BCUT2D eigenvalue weighted by molar-refractivity contribution is 0.0689. The highest BCUT2D eigenvalue weighted by atomic mass is 16.4. The van der Waals surface area contributed by atoms with Gasteiger partial charge in [0.1, 0.15) is 0 Å². The fourth-order valence-electron chi connectivity index (χ4n) is 1.08. The van der Waals surface area contributed by atoms with E-state index >= 15 is 0 Å². The van der Waals surface area contributed by atoms with Crippen molar-refractivity contribution in [3.63, 3.8) is 0 Å². The fraction of sp³-hybridized carbons (Fsp3) is 0.429. The third-order valence-electron chi connectivity index (χ3n) is 1.83. The Morgan fingerprint density at radius 2 is 2.33 bits per heavy atom. The lowest BCUT2D eigenvalue weighted by atomic mass is 10.4. The third-order valence-corrected chi connectivity index (χ3v) is 1.83. The quantitative estimate of drug-likeness (QED) is 0.678. The van der Waals surface area contributed by atoms with Gasteiger partial charge in [0.25, 0.3) is 0 Å². The van der Waals surface area contributed by atoms with Gasteiger partial charge < -0.3 is 10.2 Å². The standard InChI is InChI=1S/C7H8N2O3/c10-6-3-5(7(11)12)8-9(6)4-1-2-4/h3-4,10H,1-2H2,(H,11,12). The second kappa shape index (κ2) is 2.23. The highest BCUT2D eigenvalue weighted by Crippen LogP contribution is 2.37. The number of aromatic nitrogens is 2. The van der Waals surface area contributed by atoms with Crippen LogP contribution in [-0.4, -0.2) is 26.0 Å². The van der Waals surface area contributed by atoms with Gasteiger partial charge in [0.2, 0.25) is 5.88 Å². The van der Waals surface area contributed by atoms with E-state index in [0.29, 0.717) is 0 Å². The van der Waals surface area contributed by atoms with Crippen LogP contribution in [0.5, 0.6) is 5.88 Å². The van der Waals surface area contributed by atoms with Gasteiger partial charge in [0, 0.05) is 6.07 Å². The summed E-state index contributed by atoms with van der Waals surface area (Å²) in [6.07, 6.45) is 1.93. The van der Waals surface area contributed by atoms with Gasteiger partial charge in [0.05, 0.1) is 6.04 Å². The van der Waals surface area contributed by atoms with Crippen molar-refractivity contribution in [2.24, 2.45) is 0 Å². The third kappa shape index (κ3) is 1.03. The summed E-state index contributed by atoms with van der Waals surface area (Å²) in [6.45, 7) is 0. The largest absolute Gasteiger partial charge is 0.493 e. The van der Waals surface area contributed by atoms with Crippen molar-refractivity contribution in [2.45, 2.75) is 18.9 Å². The molecule has 0 bridgehead atoms. The Balaban J connectivity index is 2.36. The maximum absolute atomic E-state index is 10.4. The molecule has 0 aromatic carbocycles. The van der Waals surface area contributed by atoms with Crippen molar-refractivity contribution >= 4 is 5.97 Å². The summed E-state index contributed by atoms with van der Waals surface area (Å²) in [6, 6.07) is 1.37. The molecule has 0 unspecified atom stereocenters. The SMILES string of the molecule is O=C(O)c1cc(O)n(C2CC2)n1. The van der Waals surface area contributed by atoms with Gasteiger partial charge in [-0.15, -0.1) is 0 Å². The molecule has 1 aromatic rings. The molecule has 5 heteroatoms. The van der Waals surface area contributed by atoms with Crippen molar-refractivity contribution in [2.75, 3.05) is 0 Å².